The van der Waals surface area contributed by atoms with Crippen LogP contribution in [0.3, 0.4) is 0 Å². The van der Waals surface area contributed by atoms with E-state index in [1.807, 2.05) is 13.8 Å². The second-order valence-corrected chi connectivity index (χ2v) is 4.70. The van der Waals surface area contributed by atoms with Crippen molar-refractivity contribution >= 4 is 21.8 Å². The van der Waals surface area contributed by atoms with E-state index in [1.165, 1.54) is 12.1 Å². The molecule has 0 saturated carbocycles. The lowest BCUT2D eigenvalue weighted by Gasteiger charge is -2.13. The first-order valence-electron chi connectivity index (χ1n) is 5.30. The average molecular weight is 288 g/mol. The summed E-state index contributed by atoms with van der Waals surface area (Å²) in [6.07, 6.45) is 1.88. The molecule has 1 atom stereocenters. The Morgan fingerprint density at radius 3 is 2.88 bits per heavy atom. The van der Waals surface area contributed by atoms with Crippen LogP contribution < -0.4 is 5.32 Å². The summed E-state index contributed by atoms with van der Waals surface area (Å²) < 4.78 is 14.1. The summed E-state index contributed by atoms with van der Waals surface area (Å²) in [5.74, 6) is -0.857. The van der Waals surface area contributed by atoms with Gasteiger partial charge >= 0.3 is 0 Å². The van der Waals surface area contributed by atoms with Gasteiger partial charge in [0.15, 0.2) is 0 Å². The third-order valence-corrected chi connectivity index (χ3v) is 2.77. The van der Waals surface area contributed by atoms with E-state index in [1.54, 1.807) is 6.07 Å². The molecule has 4 heteroatoms. The summed E-state index contributed by atoms with van der Waals surface area (Å²) >= 11 is 3.21. The summed E-state index contributed by atoms with van der Waals surface area (Å²) in [6, 6.07) is 4.41. The van der Waals surface area contributed by atoms with E-state index >= 15 is 0 Å². The highest BCUT2D eigenvalue weighted by Crippen LogP contribution is 2.15. The molecular formula is C12H15BrFNO. The van der Waals surface area contributed by atoms with Crippen molar-refractivity contribution < 1.29 is 9.18 Å². The third-order valence-electron chi connectivity index (χ3n) is 2.27. The standard InChI is InChI=1S/C12H15BrFNO/c1-3-4-8(2)15-12(16)10-7-9(13)5-6-11(10)14/h5-8H,3-4H2,1-2H3,(H,15,16). The molecule has 0 spiro atoms. The summed E-state index contributed by atoms with van der Waals surface area (Å²) in [7, 11) is 0. The van der Waals surface area contributed by atoms with E-state index in [9.17, 15) is 9.18 Å². The molecule has 2 nitrogen and oxygen atoms in total. The highest BCUT2D eigenvalue weighted by molar-refractivity contribution is 9.10. The number of amides is 1. The molecule has 1 aromatic rings. The maximum atomic E-state index is 13.4. The fraction of sp³-hybridized carbons (Fsp3) is 0.417. The van der Waals surface area contributed by atoms with E-state index < -0.39 is 5.82 Å². The molecule has 1 rings (SSSR count). The van der Waals surface area contributed by atoms with Gasteiger partial charge in [-0.05, 0) is 31.5 Å². The van der Waals surface area contributed by atoms with Crippen LogP contribution in [0.25, 0.3) is 0 Å². The lowest BCUT2D eigenvalue weighted by molar-refractivity contribution is 0.0934. The van der Waals surface area contributed by atoms with Crippen molar-refractivity contribution in [2.24, 2.45) is 0 Å². The molecule has 0 aliphatic heterocycles. The highest BCUT2D eigenvalue weighted by atomic mass is 79.9. The molecule has 0 bridgehead atoms. The lowest BCUT2D eigenvalue weighted by Crippen LogP contribution is -2.32. The summed E-state index contributed by atoms with van der Waals surface area (Å²) in [5.41, 5.74) is 0.0809. The van der Waals surface area contributed by atoms with E-state index in [4.69, 9.17) is 0 Å². The molecule has 0 fully saturated rings. The van der Waals surface area contributed by atoms with Crippen LogP contribution in [0.5, 0.6) is 0 Å². The first-order chi connectivity index (χ1) is 7.54. The Hall–Kier alpha value is -0.900. The van der Waals surface area contributed by atoms with Gasteiger partial charge in [-0.2, -0.15) is 0 Å². The Bertz CT molecular complexity index is 381. The Kier molecular flexibility index (Phi) is 4.93. The minimum absolute atomic E-state index is 0.0656. The fourth-order valence-corrected chi connectivity index (χ4v) is 1.84. The zero-order valence-electron chi connectivity index (χ0n) is 9.39. The summed E-state index contributed by atoms with van der Waals surface area (Å²) in [6.45, 7) is 3.96. The molecule has 1 amide bonds. The number of carbonyl (C=O) groups is 1. The zero-order valence-corrected chi connectivity index (χ0v) is 11.0. The fourth-order valence-electron chi connectivity index (χ4n) is 1.48. The quantitative estimate of drug-likeness (QED) is 0.902. The van der Waals surface area contributed by atoms with E-state index in [2.05, 4.69) is 21.2 Å². The van der Waals surface area contributed by atoms with Crippen LogP contribution in [-0.2, 0) is 0 Å². The van der Waals surface area contributed by atoms with E-state index in [-0.39, 0.29) is 17.5 Å². The minimum Gasteiger partial charge on any atom is -0.349 e. The zero-order chi connectivity index (χ0) is 12.1. The number of carbonyl (C=O) groups excluding carboxylic acids is 1. The summed E-state index contributed by atoms with van der Waals surface area (Å²) in [5, 5.41) is 2.77. The molecule has 1 N–H and O–H groups in total. The van der Waals surface area contributed by atoms with Crippen LogP contribution in [0.15, 0.2) is 22.7 Å². The van der Waals surface area contributed by atoms with Crippen molar-refractivity contribution in [1.29, 1.82) is 0 Å². The van der Waals surface area contributed by atoms with Gasteiger partial charge < -0.3 is 5.32 Å². The van der Waals surface area contributed by atoms with Crippen molar-refractivity contribution in [3.8, 4) is 0 Å². The Labute approximate surface area is 103 Å². The van der Waals surface area contributed by atoms with Gasteiger partial charge in [-0.3, -0.25) is 4.79 Å². The van der Waals surface area contributed by atoms with Crippen LogP contribution in [0.2, 0.25) is 0 Å². The Morgan fingerprint density at radius 1 is 1.56 bits per heavy atom. The molecular weight excluding hydrogens is 273 g/mol. The Balaban J connectivity index is 2.76. The normalized spacial score (nSPS) is 12.2. The number of halogens is 2. The van der Waals surface area contributed by atoms with Gasteiger partial charge in [-0.25, -0.2) is 4.39 Å². The van der Waals surface area contributed by atoms with Gasteiger partial charge in [0, 0.05) is 10.5 Å². The molecule has 1 aromatic carbocycles. The second kappa shape index (κ2) is 5.99. The number of nitrogens with one attached hydrogen (secondary N) is 1. The average Bonchev–Trinajstić information content (AvgIpc) is 2.21. The number of rotatable bonds is 4. The Morgan fingerprint density at radius 2 is 2.25 bits per heavy atom. The predicted molar refractivity (Wildman–Crippen MR) is 65.9 cm³/mol. The molecule has 16 heavy (non-hydrogen) atoms. The maximum Gasteiger partial charge on any atom is 0.254 e. The molecule has 0 aromatic heterocycles. The number of hydrogen-bond donors (Lipinski definition) is 1. The first-order valence-corrected chi connectivity index (χ1v) is 6.09. The van der Waals surface area contributed by atoms with Crippen LogP contribution in [0.1, 0.15) is 37.0 Å². The predicted octanol–water partition coefficient (Wildman–Crippen LogP) is 3.51. The van der Waals surface area contributed by atoms with Crippen LogP contribution in [-0.4, -0.2) is 11.9 Å². The summed E-state index contributed by atoms with van der Waals surface area (Å²) in [4.78, 5) is 11.7. The largest absolute Gasteiger partial charge is 0.349 e. The van der Waals surface area contributed by atoms with Crippen molar-refractivity contribution in [2.75, 3.05) is 0 Å². The monoisotopic (exact) mass is 287 g/mol. The molecule has 0 radical (unpaired) electrons. The molecule has 0 aliphatic rings. The van der Waals surface area contributed by atoms with Gasteiger partial charge in [0.2, 0.25) is 0 Å². The number of benzene rings is 1. The lowest BCUT2D eigenvalue weighted by atomic mass is 10.1. The van der Waals surface area contributed by atoms with Gasteiger partial charge in [0.25, 0.3) is 5.91 Å². The highest BCUT2D eigenvalue weighted by Gasteiger charge is 2.13. The van der Waals surface area contributed by atoms with Gasteiger partial charge in [-0.1, -0.05) is 29.3 Å². The molecule has 0 aliphatic carbocycles. The molecule has 0 saturated heterocycles. The van der Waals surface area contributed by atoms with Crippen LogP contribution in [0, 0.1) is 5.82 Å². The SMILES string of the molecule is CCCC(C)NC(=O)c1cc(Br)ccc1F. The van der Waals surface area contributed by atoms with Gasteiger partial charge in [0.05, 0.1) is 5.56 Å². The van der Waals surface area contributed by atoms with Crippen molar-refractivity contribution in [3.63, 3.8) is 0 Å². The van der Waals surface area contributed by atoms with Gasteiger partial charge in [0.1, 0.15) is 5.82 Å². The van der Waals surface area contributed by atoms with E-state index in [0.717, 1.165) is 12.8 Å². The third kappa shape index (κ3) is 3.59. The maximum absolute atomic E-state index is 13.4. The molecule has 1 unspecified atom stereocenters. The van der Waals surface area contributed by atoms with Crippen molar-refractivity contribution in [2.45, 2.75) is 32.7 Å². The smallest absolute Gasteiger partial charge is 0.254 e. The topological polar surface area (TPSA) is 29.1 Å². The molecule has 0 heterocycles. The second-order valence-electron chi connectivity index (χ2n) is 3.79. The van der Waals surface area contributed by atoms with Gasteiger partial charge in [-0.15, -0.1) is 0 Å². The number of hydrogen-bond acceptors (Lipinski definition) is 1. The van der Waals surface area contributed by atoms with E-state index in [0.29, 0.717) is 4.47 Å². The first kappa shape index (κ1) is 13.2. The van der Waals surface area contributed by atoms with Crippen LogP contribution in [0.4, 0.5) is 4.39 Å². The minimum atomic E-state index is -0.496. The van der Waals surface area contributed by atoms with Crippen molar-refractivity contribution in [3.05, 3.63) is 34.1 Å². The van der Waals surface area contributed by atoms with Crippen molar-refractivity contribution in [1.82, 2.24) is 5.32 Å². The van der Waals surface area contributed by atoms with Crippen LogP contribution >= 0.6 is 15.9 Å². The molecule has 88 valence electrons.